The van der Waals surface area contributed by atoms with Gasteiger partial charge in [-0.05, 0) is 20.0 Å². The predicted molar refractivity (Wildman–Crippen MR) is 82.5 cm³/mol. The summed E-state index contributed by atoms with van der Waals surface area (Å²) in [6.45, 7) is 11.2. The molecule has 0 aromatic rings. The van der Waals surface area contributed by atoms with Gasteiger partial charge in [0.2, 0.25) is 5.91 Å². The minimum atomic E-state index is -0.192. The van der Waals surface area contributed by atoms with Gasteiger partial charge < -0.3 is 20.3 Å². The van der Waals surface area contributed by atoms with Crippen molar-refractivity contribution in [2.24, 2.45) is 0 Å². The lowest BCUT2D eigenvalue weighted by atomic mass is 10.2. The van der Waals surface area contributed by atoms with E-state index in [1.807, 2.05) is 6.92 Å². The van der Waals surface area contributed by atoms with Crippen molar-refractivity contribution in [1.82, 2.24) is 15.5 Å². The van der Waals surface area contributed by atoms with Gasteiger partial charge in [-0.3, -0.25) is 4.79 Å². The molecular formula is C12H27Cl2N3O2. The molecule has 0 aromatic heterocycles. The van der Waals surface area contributed by atoms with Crippen molar-refractivity contribution in [3.05, 3.63) is 0 Å². The Morgan fingerprint density at radius 1 is 1.42 bits per heavy atom. The Morgan fingerprint density at radius 2 is 2.05 bits per heavy atom. The molecule has 1 aliphatic heterocycles. The van der Waals surface area contributed by atoms with E-state index in [4.69, 9.17) is 4.74 Å². The van der Waals surface area contributed by atoms with E-state index in [0.29, 0.717) is 13.2 Å². The van der Waals surface area contributed by atoms with Crippen LogP contribution in [0.4, 0.5) is 0 Å². The summed E-state index contributed by atoms with van der Waals surface area (Å²) in [4.78, 5) is 14.2. The van der Waals surface area contributed by atoms with Gasteiger partial charge in [-0.25, -0.2) is 0 Å². The van der Waals surface area contributed by atoms with Crippen molar-refractivity contribution in [2.45, 2.75) is 32.9 Å². The van der Waals surface area contributed by atoms with Gasteiger partial charge in [0.05, 0.1) is 13.2 Å². The molecular weight excluding hydrogens is 289 g/mol. The predicted octanol–water partition coefficient (Wildman–Crippen LogP) is 0.665. The Kier molecular flexibility index (Phi) is 13.1. The van der Waals surface area contributed by atoms with Crippen LogP contribution in [0.15, 0.2) is 0 Å². The van der Waals surface area contributed by atoms with Gasteiger partial charge in [-0.2, -0.15) is 0 Å². The van der Waals surface area contributed by atoms with Crippen molar-refractivity contribution in [3.63, 3.8) is 0 Å². The molecule has 0 radical (unpaired) electrons. The standard InChI is InChI=1S/C12H25N3O2.2ClH/c1-4-15(5-2)8-10(3)14-12(16)11-9-17-7-6-13-11;;/h10-11,13H,4-9H2,1-3H3,(H,14,16);2*1H. The van der Waals surface area contributed by atoms with E-state index in [1.165, 1.54) is 0 Å². The first-order chi connectivity index (χ1) is 8.17. The lowest BCUT2D eigenvalue weighted by molar-refractivity contribution is -0.126. The molecule has 2 N–H and O–H groups in total. The van der Waals surface area contributed by atoms with Crippen LogP contribution in [-0.4, -0.2) is 62.3 Å². The Hall–Kier alpha value is -0.0700. The summed E-state index contributed by atoms with van der Waals surface area (Å²) in [5, 5.41) is 6.18. The summed E-state index contributed by atoms with van der Waals surface area (Å²) in [5.41, 5.74) is 0. The van der Waals surface area contributed by atoms with Gasteiger partial charge in [-0.15, -0.1) is 24.8 Å². The topological polar surface area (TPSA) is 53.6 Å². The number of halogens is 2. The lowest BCUT2D eigenvalue weighted by Gasteiger charge is -2.27. The zero-order chi connectivity index (χ0) is 12.7. The largest absolute Gasteiger partial charge is 0.378 e. The fraction of sp³-hybridized carbons (Fsp3) is 0.917. The molecule has 1 saturated heterocycles. The van der Waals surface area contributed by atoms with Gasteiger partial charge >= 0.3 is 0 Å². The number of carbonyl (C=O) groups is 1. The molecule has 7 heteroatoms. The molecule has 2 atom stereocenters. The maximum atomic E-state index is 11.9. The smallest absolute Gasteiger partial charge is 0.239 e. The SMILES string of the molecule is CCN(CC)CC(C)NC(=O)C1COCCN1.Cl.Cl. The third kappa shape index (κ3) is 7.95. The second kappa shape index (κ2) is 11.7. The first-order valence-corrected chi connectivity index (χ1v) is 6.51. The molecule has 1 aliphatic rings. The number of ether oxygens (including phenoxy) is 1. The van der Waals surface area contributed by atoms with Crippen LogP contribution in [-0.2, 0) is 9.53 Å². The summed E-state index contributed by atoms with van der Waals surface area (Å²) >= 11 is 0. The van der Waals surface area contributed by atoms with Crippen LogP contribution < -0.4 is 10.6 Å². The van der Waals surface area contributed by atoms with Crippen LogP contribution >= 0.6 is 24.8 Å². The number of nitrogens with one attached hydrogen (secondary N) is 2. The molecule has 1 fully saturated rings. The molecule has 19 heavy (non-hydrogen) atoms. The third-order valence-electron chi connectivity index (χ3n) is 3.05. The van der Waals surface area contributed by atoms with Crippen molar-refractivity contribution < 1.29 is 9.53 Å². The lowest BCUT2D eigenvalue weighted by Crippen LogP contribution is -2.54. The first-order valence-electron chi connectivity index (χ1n) is 6.51. The molecule has 2 unspecified atom stereocenters. The second-order valence-corrected chi connectivity index (χ2v) is 4.48. The Bertz CT molecular complexity index is 235. The highest BCUT2D eigenvalue weighted by atomic mass is 35.5. The van der Waals surface area contributed by atoms with Crippen molar-refractivity contribution in [3.8, 4) is 0 Å². The minimum absolute atomic E-state index is 0. The van der Waals surface area contributed by atoms with E-state index in [9.17, 15) is 4.79 Å². The van der Waals surface area contributed by atoms with Gasteiger partial charge in [0.15, 0.2) is 0 Å². The summed E-state index contributed by atoms with van der Waals surface area (Å²) in [5.74, 6) is 0.0457. The van der Waals surface area contributed by atoms with Crippen LogP contribution in [0.3, 0.4) is 0 Å². The number of hydrogen-bond donors (Lipinski definition) is 2. The molecule has 116 valence electrons. The van der Waals surface area contributed by atoms with Gasteiger partial charge in [-0.1, -0.05) is 13.8 Å². The molecule has 1 rings (SSSR count). The Balaban J connectivity index is 0. The van der Waals surface area contributed by atoms with E-state index in [0.717, 1.165) is 26.2 Å². The number of amides is 1. The molecule has 0 bridgehead atoms. The Labute approximate surface area is 128 Å². The maximum Gasteiger partial charge on any atom is 0.239 e. The second-order valence-electron chi connectivity index (χ2n) is 4.48. The fourth-order valence-electron chi connectivity index (χ4n) is 1.99. The van der Waals surface area contributed by atoms with Crippen LogP contribution in [0.25, 0.3) is 0 Å². The number of hydrogen-bond acceptors (Lipinski definition) is 4. The van der Waals surface area contributed by atoms with Crippen molar-refractivity contribution in [2.75, 3.05) is 39.4 Å². The number of rotatable bonds is 6. The van der Waals surface area contributed by atoms with Crippen LogP contribution in [0.2, 0.25) is 0 Å². The number of carbonyl (C=O) groups excluding carboxylic acids is 1. The monoisotopic (exact) mass is 315 g/mol. The molecule has 0 aromatic carbocycles. The maximum absolute atomic E-state index is 11.9. The van der Waals surface area contributed by atoms with Crippen LogP contribution in [0.1, 0.15) is 20.8 Å². The zero-order valence-corrected chi connectivity index (χ0v) is 13.6. The Morgan fingerprint density at radius 3 is 2.53 bits per heavy atom. The van der Waals surface area contributed by atoms with Crippen molar-refractivity contribution in [1.29, 1.82) is 0 Å². The van der Waals surface area contributed by atoms with Gasteiger partial charge in [0.1, 0.15) is 6.04 Å². The van der Waals surface area contributed by atoms with Gasteiger partial charge in [0, 0.05) is 19.1 Å². The quantitative estimate of drug-likeness (QED) is 0.756. The summed E-state index contributed by atoms with van der Waals surface area (Å²) < 4.78 is 5.27. The number of morpholine rings is 1. The number of nitrogens with zero attached hydrogens (tertiary/aromatic N) is 1. The van der Waals surface area contributed by atoms with Gasteiger partial charge in [0.25, 0.3) is 0 Å². The third-order valence-corrected chi connectivity index (χ3v) is 3.05. The average molecular weight is 316 g/mol. The first kappa shape index (κ1) is 21.2. The van der Waals surface area contributed by atoms with E-state index >= 15 is 0 Å². The normalized spacial score (nSPS) is 20.1. The van der Waals surface area contributed by atoms with Crippen LogP contribution in [0, 0.1) is 0 Å². The fourth-order valence-corrected chi connectivity index (χ4v) is 1.99. The highest BCUT2D eigenvalue weighted by molar-refractivity contribution is 5.85. The summed E-state index contributed by atoms with van der Waals surface area (Å²) in [6.07, 6.45) is 0. The zero-order valence-electron chi connectivity index (χ0n) is 12.0. The summed E-state index contributed by atoms with van der Waals surface area (Å²) in [6, 6.07) is -0.0194. The van der Waals surface area contributed by atoms with E-state index in [2.05, 4.69) is 29.4 Å². The molecule has 1 amide bonds. The highest BCUT2D eigenvalue weighted by Gasteiger charge is 2.22. The highest BCUT2D eigenvalue weighted by Crippen LogP contribution is 1.96. The van der Waals surface area contributed by atoms with E-state index < -0.39 is 0 Å². The van der Waals surface area contributed by atoms with E-state index in [1.54, 1.807) is 0 Å². The molecule has 0 saturated carbocycles. The van der Waals surface area contributed by atoms with Crippen molar-refractivity contribution >= 4 is 30.7 Å². The average Bonchev–Trinajstić information content (AvgIpc) is 2.37. The summed E-state index contributed by atoms with van der Waals surface area (Å²) in [7, 11) is 0. The molecule has 5 nitrogen and oxygen atoms in total. The van der Waals surface area contributed by atoms with Crippen LogP contribution in [0.5, 0.6) is 0 Å². The molecule has 0 aliphatic carbocycles. The molecule has 0 spiro atoms. The minimum Gasteiger partial charge on any atom is -0.378 e. The van der Waals surface area contributed by atoms with E-state index in [-0.39, 0.29) is 42.8 Å². The number of likely N-dealkylation sites (N-methyl/N-ethyl adjacent to an activating group) is 1. The molecule has 1 heterocycles.